The molecule has 1 fully saturated rings. The highest BCUT2D eigenvalue weighted by atomic mass is 16.7. The van der Waals surface area contributed by atoms with E-state index in [4.69, 9.17) is 14.6 Å². The first kappa shape index (κ1) is 9.64. The number of aldehydes is 1. The standard InChI is InChI=1S/C8H14O4/c9-4-2-1-3-8-11-6-7(5-10)12-8/h4,7-8,10H,1-3,5-6H2. The van der Waals surface area contributed by atoms with Crippen LogP contribution in [0, 0.1) is 0 Å². The van der Waals surface area contributed by atoms with Crippen LogP contribution in [0.2, 0.25) is 0 Å². The molecule has 0 aliphatic carbocycles. The molecule has 1 saturated heterocycles. The fraction of sp³-hybridized carbons (Fsp3) is 0.875. The van der Waals surface area contributed by atoms with Gasteiger partial charge in [0.2, 0.25) is 0 Å². The minimum Gasteiger partial charge on any atom is -0.394 e. The predicted octanol–water partition coefficient (Wildman–Crippen LogP) is 0.0894. The number of ether oxygens (including phenoxy) is 2. The number of unbranched alkanes of at least 4 members (excludes halogenated alkanes) is 1. The third kappa shape index (κ3) is 2.89. The number of hydrogen-bond donors (Lipinski definition) is 1. The fourth-order valence-electron chi connectivity index (χ4n) is 1.12. The van der Waals surface area contributed by atoms with Gasteiger partial charge in [-0.3, -0.25) is 0 Å². The highest BCUT2D eigenvalue weighted by Crippen LogP contribution is 2.15. The molecule has 0 spiro atoms. The third-order valence-corrected chi connectivity index (χ3v) is 1.78. The highest BCUT2D eigenvalue weighted by Gasteiger charge is 2.24. The number of carbonyl (C=O) groups excluding carboxylic acids is 1. The largest absolute Gasteiger partial charge is 0.394 e. The van der Waals surface area contributed by atoms with Crippen LogP contribution >= 0.6 is 0 Å². The zero-order chi connectivity index (χ0) is 8.81. The number of aliphatic hydroxyl groups is 1. The van der Waals surface area contributed by atoms with Gasteiger partial charge in [-0.25, -0.2) is 0 Å². The Morgan fingerprint density at radius 3 is 3.00 bits per heavy atom. The lowest BCUT2D eigenvalue weighted by Gasteiger charge is -2.08. The Balaban J connectivity index is 2.06. The second-order valence-electron chi connectivity index (χ2n) is 2.80. The summed E-state index contributed by atoms with van der Waals surface area (Å²) in [5, 5.41) is 8.69. The van der Waals surface area contributed by atoms with Crippen molar-refractivity contribution in [3.63, 3.8) is 0 Å². The van der Waals surface area contributed by atoms with Gasteiger partial charge < -0.3 is 19.4 Å². The Hall–Kier alpha value is -0.450. The summed E-state index contributed by atoms with van der Waals surface area (Å²) in [5.74, 6) is 0. The molecule has 1 N–H and O–H groups in total. The SMILES string of the molecule is O=CCCCC1OCC(CO)O1. The van der Waals surface area contributed by atoms with Crippen LogP contribution in [0.3, 0.4) is 0 Å². The van der Waals surface area contributed by atoms with Gasteiger partial charge in [-0.05, 0) is 12.8 Å². The summed E-state index contributed by atoms with van der Waals surface area (Å²) in [5.41, 5.74) is 0. The Kier molecular flexibility index (Phi) is 4.21. The second kappa shape index (κ2) is 5.24. The van der Waals surface area contributed by atoms with E-state index >= 15 is 0 Å². The number of carbonyl (C=O) groups is 1. The van der Waals surface area contributed by atoms with Gasteiger partial charge in [0, 0.05) is 6.42 Å². The van der Waals surface area contributed by atoms with Crippen LogP contribution in [0.5, 0.6) is 0 Å². The van der Waals surface area contributed by atoms with E-state index in [-0.39, 0.29) is 19.0 Å². The quantitative estimate of drug-likeness (QED) is 0.474. The number of hydrogen-bond acceptors (Lipinski definition) is 4. The monoisotopic (exact) mass is 174 g/mol. The molecule has 1 aliphatic heterocycles. The van der Waals surface area contributed by atoms with E-state index in [0.29, 0.717) is 13.0 Å². The van der Waals surface area contributed by atoms with Crippen molar-refractivity contribution in [2.45, 2.75) is 31.7 Å². The topological polar surface area (TPSA) is 55.8 Å². The maximum Gasteiger partial charge on any atom is 0.158 e. The molecule has 0 amide bonds. The lowest BCUT2D eigenvalue weighted by Crippen LogP contribution is -2.16. The van der Waals surface area contributed by atoms with Gasteiger partial charge in [-0.2, -0.15) is 0 Å². The van der Waals surface area contributed by atoms with Gasteiger partial charge in [0.15, 0.2) is 6.29 Å². The smallest absolute Gasteiger partial charge is 0.158 e. The van der Waals surface area contributed by atoms with Crippen LogP contribution < -0.4 is 0 Å². The van der Waals surface area contributed by atoms with Gasteiger partial charge in [-0.1, -0.05) is 0 Å². The Bertz CT molecular complexity index is 137. The second-order valence-corrected chi connectivity index (χ2v) is 2.80. The molecular weight excluding hydrogens is 160 g/mol. The Morgan fingerprint density at radius 2 is 2.42 bits per heavy atom. The van der Waals surface area contributed by atoms with E-state index in [2.05, 4.69) is 0 Å². The highest BCUT2D eigenvalue weighted by molar-refractivity contribution is 5.48. The minimum absolute atomic E-state index is 0.00415. The number of aliphatic hydroxyl groups excluding tert-OH is 1. The summed E-state index contributed by atoms with van der Waals surface area (Å²) in [6.45, 7) is 0.465. The maximum absolute atomic E-state index is 9.98. The average molecular weight is 174 g/mol. The molecule has 1 aliphatic rings. The summed E-state index contributed by atoms with van der Waals surface area (Å²) < 4.78 is 10.5. The van der Waals surface area contributed by atoms with E-state index in [0.717, 1.165) is 19.1 Å². The molecule has 12 heavy (non-hydrogen) atoms. The van der Waals surface area contributed by atoms with Crippen LogP contribution in [-0.2, 0) is 14.3 Å². The molecule has 70 valence electrons. The zero-order valence-corrected chi connectivity index (χ0v) is 6.94. The molecule has 4 heteroatoms. The number of rotatable bonds is 5. The molecule has 4 nitrogen and oxygen atoms in total. The van der Waals surface area contributed by atoms with Gasteiger partial charge in [0.05, 0.1) is 13.2 Å². The first-order valence-corrected chi connectivity index (χ1v) is 4.18. The van der Waals surface area contributed by atoms with Gasteiger partial charge in [0.1, 0.15) is 12.4 Å². The van der Waals surface area contributed by atoms with Gasteiger partial charge >= 0.3 is 0 Å². The molecule has 1 heterocycles. The Labute approximate surface area is 71.5 Å². The molecule has 0 aromatic carbocycles. The minimum atomic E-state index is -0.220. The predicted molar refractivity (Wildman–Crippen MR) is 41.6 cm³/mol. The summed E-state index contributed by atoms with van der Waals surface area (Å²) >= 11 is 0. The van der Waals surface area contributed by atoms with Crippen molar-refractivity contribution < 1.29 is 19.4 Å². The van der Waals surface area contributed by atoms with E-state index in [1.165, 1.54) is 0 Å². The van der Waals surface area contributed by atoms with Crippen molar-refractivity contribution >= 4 is 6.29 Å². The van der Waals surface area contributed by atoms with Crippen molar-refractivity contribution in [3.8, 4) is 0 Å². The molecule has 2 unspecified atom stereocenters. The van der Waals surface area contributed by atoms with E-state index < -0.39 is 0 Å². The average Bonchev–Trinajstić information content (AvgIpc) is 2.53. The van der Waals surface area contributed by atoms with Crippen LogP contribution in [0.4, 0.5) is 0 Å². The van der Waals surface area contributed by atoms with Crippen molar-refractivity contribution in [3.05, 3.63) is 0 Å². The molecular formula is C8H14O4. The van der Waals surface area contributed by atoms with E-state index in [1.807, 2.05) is 0 Å². The normalized spacial score (nSPS) is 29.1. The van der Waals surface area contributed by atoms with Crippen molar-refractivity contribution in [1.82, 2.24) is 0 Å². The molecule has 0 saturated carbocycles. The molecule has 1 rings (SSSR count). The van der Waals surface area contributed by atoms with Crippen LogP contribution in [0.25, 0.3) is 0 Å². The molecule has 2 atom stereocenters. The van der Waals surface area contributed by atoms with Crippen molar-refractivity contribution in [2.24, 2.45) is 0 Å². The summed E-state index contributed by atoms with van der Waals surface area (Å²) in [6.07, 6.45) is 2.56. The summed E-state index contributed by atoms with van der Waals surface area (Å²) in [6, 6.07) is 0. The van der Waals surface area contributed by atoms with E-state index in [9.17, 15) is 4.79 Å². The molecule has 0 radical (unpaired) electrons. The molecule has 0 bridgehead atoms. The van der Waals surface area contributed by atoms with Crippen molar-refractivity contribution in [2.75, 3.05) is 13.2 Å². The molecule has 0 aromatic rings. The lowest BCUT2D eigenvalue weighted by molar-refractivity contribution is -0.108. The Morgan fingerprint density at radius 1 is 1.58 bits per heavy atom. The van der Waals surface area contributed by atoms with Crippen LogP contribution in [-0.4, -0.2) is 37.0 Å². The first-order valence-electron chi connectivity index (χ1n) is 4.18. The third-order valence-electron chi connectivity index (χ3n) is 1.78. The van der Waals surface area contributed by atoms with Crippen LogP contribution in [0.1, 0.15) is 19.3 Å². The lowest BCUT2D eigenvalue weighted by atomic mass is 10.2. The zero-order valence-electron chi connectivity index (χ0n) is 6.94. The van der Waals surface area contributed by atoms with Crippen molar-refractivity contribution in [1.29, 1.82) is 0 Å². The van der Waals surface area contributed by atoms with Crippen LogP contribution in [0.15, 0.2) is 0 Å². The molecule has 0 aromatic heterocycles. The first-order chi connectivity index (χ1) is 5.86. The summed E-state index contributed by atoms with van der Waals surface area (Å²) in [7, 11) is 0. The summed E-state index contributed by atoms with van der Waals surface area (Å²) in [4.78, 5) is 9.98. The maximum atomic E-state index is 9.98. The fourth-order valence-corrected chi connectivity index (χ4v) is 1.12. The van der Waals surface area contributed by atoms with E-state index in [1.54, 1.807) is 0 Å². The van der Waals surface area contributed by atoms with Gasteiger partial charge in [0.25, 0.3) is 0 Å². The van der Waals surface area contributed by atoms with Gasteiger partial charge in [-0.15, -0.1) is 0 Å².